The van der Waals surface area contributed by atoms with E-state index in [4.69, 9.17) is 10.5 Å². The van der Waals surface area contributed by atoms with Gasteiger partial charge in [0, 0.05) is 32.4 Å². The van der Waals surface area contributed by atoms with Crippen LogP contribution in [0.25, 0.3) is 0 Å². The molecule has 1 aromatic heterocycles. The van der Waals surface area contributed by atoms with Crippen molar-refractivity contribution in [2.75, 3.05) is 31.6 Å². The number of hydrogen-bond donors (Lipinski definition) is 1. The number of nitrogens with zero attached hydrogens (tertiary/aromatic N) is 3. The lowest BCUT2D eigenvalue weighted by Gasteiger charge is -2.15. The maximum atomic E-state index is 5.46. The summed E-state index contributed by atoms with van der Waals surface area (Å²) in [6.07, 6.45) is 2.66. The summed E-state index contributed by atoms with van der Waals surface area (Å²) in [6.45, 7) is 4.05. The molecule has 0 saturated carbocycles. The summed E-state index contributed by atoms with van der Waals surface area (Å²) in [5, 5.41) is 0. The quantitative estimate of drug-likeness (QED) is 0.747. The van der Waals surface area contributed by atoms with Crippen LogP contribution in [0.1, 0.15) is 13.3 Å². The predicted octanol–water partition coefficient (Wildman–Crippen LogP) is 0.660. The molecule has 1 aromatic rings. The van der Waals surface area contributed by atoms with Crippen molar-refractivity contribution in [1.29, 1.82) is 0 Å². The fraction of sp³-hybridized carbons (Fsp3) is 0.600. The van der Waals surface area contributed by atoms with Crippen LogP contribution < -0.4 is 15.4 Å². The van der Waals surface area contributed by atoms with E-state index in [1.165, 1.54) is 0 Å². The Kier molecular flexibility index (Phi) is 4.83. The van der Waals surface area contributed by atoms with Gasteiger partial charge in [-0.1, -0.05) is 6.92 Å². The maximum absolute atomic E-state index is 5.46. The molecule has 5 nitrogen and oxygen atoms in total. The highest BCUT2D eigenvalue weighted by atomic mass is 16.5. The number of nitrogens with two attached hydrogens (primary N) is 1. The minimum Gasteiger partial charge on any atom is -0.478 e. The Morgan fingerprint density at radius 2 is 2.33 bits per heavy atom. The summed E-state index contributed by atoms with van der Waals surface area (Å²) in [5.74, 6) is 1.26. The molecule has 0 bridgehead atoms. The van der Waals surface area contributed by atoms with E-state index in [1.54, 1.807) is 12.3 Å². The van der Waals surface area contributed by atoms with Gasteiger partial charge in [0.1, 0.15) is 0 Å². The highest BCUT2D eigenvalue weighted by Crippen LogP contribution is 2.10. The van der Waals surface area contributed by atoms with Crippen molar-refractivity contribution in [3.8, 4) is 5.88 Å². The largest absolute Gasteiger partial charge is 0.478 e. The third-order valence-corrected chi connectivity index (χ3v) is 1.88. The van der Waals surface area contributed by atoms with E-state index in [2.05, 4.69) is 16.9 Å². The molecule has 15 heavy (non-hydrogen) atoms. The summed E-state index contributed by atoms with van der Waals surface area (Å²) in [4.78, 5) is 10.3. The minimum absolute atomic E-state index is 0.583. The number of hydrogen-bond acceptors (Lipinski definition) is 5. The average Bonchev–Trinajstić information content (AvgIpc) is 2.27. The third kappa shape index (κ3) is 3.71. The number of anilines is 1. The molecule has 0 aliphatic rings. The van der Waals surface area contributed by atoms with Crippen molar-refractivity contribution >= 4 is 5.95 Å². The first-order valence-electron chi connectivity index (χ1n) is 5.15. The fourth-order valence-corrected chi connectivity index (χ4v) is 1.10. The van der Waals surface area contributed by atoms with Crippen molar-refractivity contribution < 1.29 is 4.74 Å². The smallest absolute Gasteiger partial charge is 0.228 e. The standard InChI is InChI=1S/C10H18N4O/c1-3-8-15-9-4-6-12-10(13-9)14(2)7-5-11/h4,6H,3,5,7-8,11H2,1-2H3. The Hall–Kier alpha value is -1.36. The highest BCUT2D eigenvalue weighted by molar-refractivity contribution is 5.30. The molecule has 0 atom stereocenters. The maximum Gasteiger partial charge on any atom is 0.228 e. The lowest BCUT2D eigenvalue weighted by molar-refractivity contribution is 0.305. The number of likely N-dealkylation sites (N-methyl/N-ethyl adjacent to an activating group) is 1. The Morgan fingerprint density at radius 1 is 1.53 bits per heavy atom. The van der Waals surface area contributed by atoms with Crippen LogP contribution in [-0.4, -0.2) is 36.7 Å². The van der Waals surface area contributed by atoms with Gasteiger partial charge in [0.05, 0.1) is 6.61 Å². The first-order chi connectivity index (χ1) is 7.27. The summed E-state index contributed by atoms with van der Waals surface area (Å²) in [5.41, 5.74) is 5.46. The van der Waals surface area contributed by atoms with Gasteiger partial charge in [0.2, 0.25) is 11.8 Å². The normalized spacial score (nSPS) is 10.1. The first kappa shape index (κ1) is 11.7. The van der Waals surface area contributed by atoms with Crippen molar-refractivity contribution in [3.05, 3.63) is 12.3 Å². The summed E-state index contributed by atoms with van der Waals surface area (Å²) >= 11 is 0. The van der Waals surface area contributed by atoms with Crippen LogP contribution in [-0.2, 0) is 0 Å². The van der Waals surface area contributed by atoms with Gasteiger partial charge in [-0.25, -0.2) is 4.98 Å². The second-order valence-electron chi connectivity index (χ2n) is 3.25. The van der Waals surface area contributed by atoms with E-state index in [0.29, 0.717) is 25.0 Å². The van der Waals surface area contributed by atoms with E-state index in [1.807, 2.05) is 11.9 Å². The monoisotopic (exact) mass is 210 g/mol. The lowest BCUT2D eigenvalue weighted by Crippen LogP contribution is -2.26. The molecular formula is C10H18N4O. The van der Waals surface area contributed by atoms with Crippen LogP contribution in [0.15, 0.2) is 12.3 Å². The minimum atomic E-state index is 0.583. The first-order valence-corrected chi connectivity index (χ1v) is 5.15. The van der Waals surface area contributed by atoms with Gasteiger partial charge in [0.15, 0.2) is 0 Å². The Labute approximate surface area is 90.3 Å². The van der Waals surface area contributed by atoms with E-state index in [-0.39, 0.29) is 0 Å². The molecule has 1 rings (SSSR count). The number of rotatable bonds is 6. The number of aromatic nitrogens is 2. The zero-order valence-corrected chi connectivity index (χ0v) is 9.31. The molecule has 84 valence electrons. The topological polar surface area (TPSA) is 64.3 Å². The molecule has 1 heterocycles. The summed E-state index contributed by atoms with van der Waals surface area (Å²) < 4.78 is 5.42. The Morgan fingerprint density at radius 3 is 3.00 bits per heavy atom. The second kappa shape index (κ2) is 6.19. The Balaban J connectivity index is 2.64. The van der Waals surface area contributed by atoms with Crippen LogP contribution in [0, 0.1) is 0 Å². The molecule has 0 aliphatic carbocycles. The van der Waals surface area contributed by atoms with Crippen molar-refractivity contribution in [2.24, 2.45) is 5.73 Å². The van der Waals surface area contributed by atoms with E-state index in [9.17, 15) is 0 Å². The molecule has 0 aliphatic heterocycles. The molecule has 5 heteroatoms. The molecule has 0 amide bonds. The zero-order valence-electron chi connectivity index (χ0n) is 9.31. The van der Waals surface area contributed by atoms with Gasteiger partial charge < -0.3 is 15.4 Å². The second-order valence-corrected chi connectivity index (χ2v) is 3.25. The van der Waals surface area contributed by atoms with Crippen molar-refractivity contribution in [2.45, 2.75) is 13.3 Å². The van der Waals surface area contributed by atoms with Gasteiger partial charge in [-0.15, -0.1) is 0 Å². The van der Waals surface area contributed by atoms with E-state index in [0.717, 1.165) is 13.0 Å². The SMILES string of the molecule is CCCOc1ccnc(N(C)CCN)n1. The van der Waals surface area contributed by atoms with Crippen LogP contribution in [0.4, 0.5) is 5.95 Å². The van der Waals surface area contributed by atoms with Crippen molar-refractivity contribution in [3.63, 3.8) is 0 Å². The molecule has 2 N–H and O–H groups in total. The zero-order chi connectivity index (χ0) is 11.1. The van der Waals surface area contributed by atoms with Crippen LogP contribution in [0.5, 0.6) is 5.88 Å². The van der Waals surface area contributed by atoms with Gasteiger partial charge in [-0.2, -0.15) is 4.98 Å². The van der Waals surface area contributed by atoms with E-state index >= 15 is 0 Å². The van der Waals surface area contributed by atoms with Gasteiger partial charge >= 0.3 is 0 Å². The average molecular weight is 210 g/mol. The highest BCUT2D eigenvalue weighted by Gasteiger charge is 2.04. The van der Waals surface area contributed by atoms with E-state index < -0.39 is 0 Å². The van der Waals surface area contributed by atoms with Crippen LogP contribution in [0.3, 0.4) is 0 Å². The third-order valence-electron chi connectivity index (χ3n) is 1.88. The van der Waals surface area contributed by atoms with Gasteiger partial charge in [-0.05, 0) is 6.42 Å². The predicted molar refractivity (Wildman–Crippen MR) is 60.1 cm³/mol. The summed E-state index contributed by atoms with van der Waals surface area (Å²) in [6, 6.07) is 1.76. The molecule has 0 unspecified atom stereocenters. The fourth-order valence-electron chi connectivity index (χ4n) is 1.10. The van der Waals surface area contributed by atoms with Crippen LogP contribution in [0.2, 0.25) is 0 Å². The lowest BCUT2D eigenvalue weighted by atomic mass is 10.5. The molecular weight excluding hydrogens is 192 g/mol. The molecule has 0 saturated heterocycles. The van der Waals surface area contributed by atoms with Crippen LogP contribution >= 0.6 is 0 Å². The molecule has 0 radical (unpaired) electrons. The summed E-state index contributed by atoms with van der Waals surface area (Å²) in [7, 11) is 1.91. The number of ether oxygens (including phenoxy) is 1. The molecule has 0 fully saturated rings. The molecule has 0 aromatic carbocycles. The Bertz CT molecular complexity index is 293. The molecule has 0 spiro atoms. The van der Waals surface area contributed by atoms with Gasteiger partial charge in [-0.3, -0.25) is 0 Å². The van der Waals surface area contributed by atoms with Crippen molar-refractivity contribution in [1.82, 2.24) is 9.97 Å². The van der Waals surface area contributed by atoms with Gasteiger partial charge in [0.25, 0.3) is 0 Å².